The monoisotopic (exact) mass is 421 g/mol. The highest BCUT2D eigenvalue weighted by molar-refractivity contribution is 7.92. The minimum absolute atomic E-state index is 0.0670. The Morgan fingerprint density at radius 3 is 2.93 bits per heavy atom. The molecule has 2 aromatic rings. The Balaban J connectivity index is 1.72. The van der Waals surface area contributed by atoms with Crippen molar-refractivity contribution < 1.29 is 17.9 Å². The first-order valence-corrected chi connectivity index (χ1v) is 11.6. The van der Waals surface area contributed by atoms with Gasteiger partial charge in [0.1, 0.15) is 6.61 Å². The van der Waals surface area contributed by atoms with Crippen LogP contribution in [0.2, 0.25) is 0 Å². The molecule has 1 fully saturated rings. The summed E-state index contributed by atoms with van der Waals surface area (Å²) in [4.78, 5) is 2.30. The minimum atomic E-state index is -3.31. The molecular weight excluding hydrogens is 398 g/mol. The van der Waals surface area contributed by atoms with Crippen molar-refractivity contribution in [3.05, 3.63) is 29.5 Å². The van der Waals surface area contributed by atoms with Gasteiger partial charge in [-0.05, 0) is 37.1 Å². The maximum atomic E-state index is 12.0. The largest absolute Gasteiger partial charge is 0.493 e. The van der Waals surface area contributed by atoms with E-state index in [-0.39, 0.29) is 16.7 Å². The third-order valence-corrected chi connectivity index (χ3v) is 7.21. The lowest BCUT2D eigenvalue weighted by atomic mass is 9.95. The molecule has 0 saturated carbocycles. The number of likely N-dealkylation sites (tertiary alicyclic amines) is 1. The Labute approximate surface area is 169 Å². The van der Waals surface area contributed by atoms with E-state index in [1.54, 1.807) is 7.11 Å². The van der Waals surface area contributed by atoms with E-state index < -0.39 is 9.84 Å². The van der Waals surface area contributed by atoms with Crippen LogP contribution in [0.4, 0.5) is 0 Å². The molecule has 1 saturated heterocycles. The van der Waals surface area contributed by atoms with Crippen LogP contribution < -0.4 is 9.47 Å². The van der Waals surface area contributed by atoms with Crippen molar-refractivity contribution in [2.45, 2.75) is 29.5 Å². The van der Waals surface area contributed by atoms with Gasteiger partial charge in [-0.1, -0.05) is 16.5 Å². The molecule has 150 valence electrons. The van der Waals surface area contributed by atoms with Crippen molar-refractivity contribution in [3.63, 3.8) is 0 Å². The molecular formula is C19H23N3O4S2. The molecule has 1 aliphatic rings. The van der Waals surface area contributed by atoms with E-state index in [0.717, 1.165) is 49.6 Å². The Morgan fingerprint density at radius 1 is 1.39 bits per heavy atom. The second kappa shape index (κ2) is 8.90. The van der Waals surface area contributed by atoms with E-state index in [9.17, 15) is 8.42 Å². The first-order valence-electron chi connectivity index (χ1n) is 8.90. The van der Waals surface area contributed by atoms with Crippen molar-refractivity contribution in [3.8, 4) is 23.8 Å². The van der Waals surface area contributed by atoms with Gasteiger partial charge >= 0.3 is 0 Å². The molecule has 0 spiro atoms. The van der Waals surface area contributed by atoms with Gasteiger partial charge in [0.05, 0.1) is 12.8 Å². The summed E-state index contributed by atoms with van der Waals surface area (Å²) >= 11 is 0.956. The number of nitrogens with zero attached hydrogens (tertiary/aromatic N) is 3. The van der Waals surface area contributed by atoms with Crippen LogP contribution in [0.25, 0.3) is 0 Å². The number of sulfone groups is 1. The lowest BCUT2D eigenvalue weighted by molar-refractivity contribution is 0.197. The van der Waals surface area contributed by atoms with Crippen molar-refractivity contribution in [1.29, 1.82) is 0 Å². The lowest BCUT2D eigenvalue weighted by Crippen LogP contribution is -2.34. The third kappa shape index (κ3) is 4.82. The highest BCUT2D eigenvalue weighted by Gasteiger charge is 2.29. The maximum Gasteiger partial charge on any atom is 0.188 e. The molecule has 9 heteroatoms. The number of hydrogen-bond donors (Lipinski definition) is 0. The molecule has 1 aromatic carbocycles. The molecule has 1 aromatic heterocycles. The summed E-state index contributed by atoms with van der Waals surface area (Å²) in [5.74, 6) is 3.77. The summed E-state index contributed by atoms with van der Waals surface area (Å²) in [6.45, 7) is 2.60. The normalized spacial score (nSPS) is 17.8. The van der Waals surface area contributed by atoms with Crippen LogP contribution in [0, 0.1) is 12.3 Å². The van der Waals surface area contributed by atoms with Gasteiger partial charge in [0.2, 0.25) is 0 Å². The molecule has 1 atom stereocenters. The van der Waals surface area contributed by atoms with Gasteiger partial charge in [-0.15, -0.1) is 11.5 Å². The zero-order valence-electron chi connectivity index (χ0n) is 15.9. The van der Waals surface area contributed by atoms with Crippen molar-refractivity contribution in [1.82, 2.24) is 14.5 Å². The Bertz CT molecular complexity index is 966. The quantitative estimate of drug-likeness (QED) is 0.635. The fourth-order valence-corrected chi connectivity index (χ4v) is 5.16. The van der Waals surface area contributed by atoms with E-state index >= 15 is 0 Å². The number of aromatic nitrogens is 2. The average Bonchev–Trinajstić information content (AvgIpc) is 3.17. The van der Waals surface area contributed by atoms with Crippen LogP contribution >= 0.6 is 11.5 Å². The number of hydrogen-bond acceptors (Lipinski definition) is 8. The third-order valence-electron chi connectivity index (χ3n) is 4.66. The van der Waals surface area contributed by atoms with Gasteiger partial charge in [0.25, 0.3) is 0 Å². The van der Waals surface area contributed by atoms with Crippen LogP contribution in [-0.2, 0) is 16.4 Å². The second-order valence-corrected chi connectivity index (χ2v) is 9.74. The second-order valence-electron chi connectivity index (χ2n) is 6.77. The highest BCUT2D eigenvalue weighted by Crippen LogP contribution is 2.33. The molecule has 2 heterocycles. The van der Waals surface area contributed by atoms with Gasteiger partial charge < -0.3 is 9.47 Å². The number of ether oxygens (including phenoxy) is 2. The SMILES string of the molecule is C#CCOc1ccc(CN2CCC[C@H](c3nnsc3S(C)(=O)=O)C2)cc1OC. The zero-order valence-corrected chi connectivity index (χ0v) is 17.6. The van der Waals surface area contributed by atoms with Gasteiger partial charge in [-0.3, -0.25) is 4.90 Å². The Hall–Kier alpha value is -2.15. The number of piperidine rings is 1. The molecule has 7 nitrogen and oxygen atoms in total. The van der Waals surface area contributed by atoms with Crippen molar-refractivity contribution in [2.75, 3.05) is 33.1 Å². The van der Waals surface area contributed by atoms with Crippen LogP contribution in [0.3, 0.4) is 0 Å². The maximum absolute atomic E-state index is 12.0. The molecule has 0 N–H and O–H groups in total. The first kappa shape index (κ1) is 20.6. The summed E-state index contributed by atoms with van der Waals surface area (Å²) < 4.78 is 39.0. The summed E-state index contributed by atoms with van der Waals surface area (Å²) in [5.41, 5.74) is 1.69. The predicted octanol–water partition coefficient (Wildman–Crippen LogP) is 2.34. The fraction of sp³-hybridized carbons (Fsp3) is 0.474. The first-order chi connectivity index (χ1) is 13.4. The number of rotatable bonds is 7. The number of benzene rings is 1. The molecule has 0 bridgehead atoms. The van der Waals surface area contributed by atoms with E-state index in [4.69, 9.17) is 15.9 Å². The predicted molar refractivity (Wildman–Crippen MR) is 108 cm³/mol. The van der Waals surface area contributed by atoms with E-state index in [1.165, 1.54) is 6.26 Å². The van der Waals surface area contributed by atoms with Gasteiger partial charge in [-0.25, -0.2) is 8.42 Å². The molecule has 1 aliphatic heterocycles. The van der Waals surface area contributed by atoms with Crippen LogP contribution in [0.15, 0.2) is 22.4 Å². The lowest BCUT2D eigenvalue weighted by Gasteiger charge is -2.32. The minimum Gasteiger partial charge on any atom is -0.493 e. The topological polar surface area (TPSA) is 81.6 Å². The molecule has 0 amide bonds. The number of methoxy groups -OCH3 is 1. The zero-order chi connectivity index (χ0) is 20.1. The molecule has 28 heavy (non-hydrogen) atoms. The Kier molecular flexibility index (Phi) is 6.54. The van der Waals surface area contributed by atoms with Crippen molar-refractivity contribution >= 4 is 21.4 Å². The Morgan fingerprint density at radius 2 is 2.21 bits per heavy atom. The van der Waals surface area contributed by atoms with E-state index in [2.05, 4.69) is 20.4 Å². The standard InChI is InChI=1S/C19H23N3O4S2/c1-4-10-26-16-8-7-14(11-17(16)25-2)12-22-9-5-6-15(13-22)18-19(27-21-20-18)28(3,23)24/h1,7-8,11,15H,5-6,9-10,12-13H2,2-3H3/t15-/m0/s1. The van der Waals surface area contributed by atoms with Gasteiger partial charge in [-0.2, -0.15) is 0 Å². The summed E-state index contributed by atoms with van der Waals surface area (Å²) in [6, 6.07) is 5.80. The molecule has 0 unspecified atom stereocenters. The van der Waals surface area contributed by atoms with E-state index in [0.29, 0.717) is 17.2 Å². The van der Waals surface area contributed by atoms with Crippen LogP contribution in [-0.4, -0.2) is 56.0 Å². The summed E-state index contributed by atoms with van der Waals surface area (Å²) in [6.07, 6.45) is 8.34. The highest BCUT2D eigenvalue weighted by atomic mass is 32.2. The summed E-state index contributed by atoms with van der Waals surface area (Å²) in [7, 11) is -1.71. The molecule has 0 radical (unpaired) electrons. The van der Waals surface area contributed by atoms with Crippen LogP contribution in [0.5, 0.6) is 11.5 Å². The van der Waals surface area contributed by atoms with Gasteiger partial charge in [0, 0.05) is 36.8 Å². The number of terminal acetylenes is 1. The van der Waals surface area contributed by atoms with Crippen molar-refractivity contribution in [2.24, 2.45) is 0 Å². The fourth-order valence-electron chi connectivity index (χ4n) is 3.42. The smallest absolute Gasteiger partial charge is 0.188 e. The average molecular weight is 422 g/mol. The van der Waals surface area contributed by atoms with E-state index in [1.807, 2.05) is 18.2 Å². The van der Waals surface area contributed by atoms with Crippen LogP contribution in [0.1, 0.15) is 30.0 Å². The summed E-state index contributed by atoms with van der Waals surface area (Å²) in [5, 5.41) is 4.13. The molecule has 0 aliphatic carbocycles. The molecule has 3 rings (SSSR count). The van der Waals surface area contributed by atoms with Gasteiger partial charge in [0.15, 0.2) is 25.5 Å².